The molecule has 1 aliphatic heterocycles. The summed E-state index contributed by atoms with van der Waals surface area (Å²) in [5, 5.41) is 4.06. The first-order chi connectivity index (χ1) is 11.4. The van der Waals surface area contributed by atoms with Gasteiger partial charge in [0.25, 0.3) is 5.91 Å². The number of hydrogen-bond acceptors (Lipinski definition) is 5. The van der Waals surface area contributed by atoms with Crippen molar-refractivity contribution >= 4 is 5.91 Å². The number of amides is 1. The lowest BCUT2D eigenvalue weighted by atomic mass is 10.0. The molecule has 1 atom stereocenters. The van der Waals surface area contributed by atoms with Gasteiger partial charge < -0.3 is 9.42 Å². The second-order valence-corrected chi connectivity index (χ2v) is 6.90. The Hall–Kier alpha value is -2.24. The Kier molecular flexibility index (Phi) is 4.39. The zero-order valence-corrected chi connectivity index (χ0v) is 15.0. The number of nitrogens with zero attached hydrogens (tertiary/aromatic N) is 4. The van der Waals surface area contributed by atoms with Crippen molar-refractivity contribution < 1.29 is 9.32 Å². The lowest BCUT2D eigenvalue weighted by Gasteiger charge is -2.17. The molecule has 24 heavy (non-hydrogen) atoms. The van der Waals surface area contributed by atoms with Crippen molar-refractivity contribution in [3.8, 4) is 0 Å². The van der Waals surface area contributed by atoms with E-state index in [0.717, 1.165) is 29.3 Å². The van der Waals surface area contributed by atoms with Crippen molar-refractivity contribution in [2.45, 2.75) is 52.9 Å². The Bertz CT molecular complexity index is 746. The highest BCUT2D eigenvalue weighted by atomic mass is 16.5. The first-order valence-electron chi connectivity index (χ1n) is 8.44. The topological polar surface area (TPSA) is 72.1 Å². The van der Waals surface area contributed by atoms with Crippen molar-refractivity contribution in [3.05, 3.63) is 40.3 Å². The molecule has 0 aromatic carbocycles. The van der Waals surface area contributed by atoms with Crippen LogP contribution in [0, 0.1) is 20.8 Å². The Balaban J connectivity index is 1.81. The summed E-state index contributed by atoms with van der Waals surface area (Å²) in [6, 6.07) is 1.97. The highest BCUT2D eigenvalue weighted by molar-refractivity contribution is 5.96. The maximum absolute atomic E-state index is 13.0. The van der Waals surface area contributed by atoms with Crippen molar-refractivity contribution in [2.75, 3.05) is 13.1 Å². The third-order valence-corrected chi connectivity index (χ3v) is 4.49. The van der Waals surface area contributed by atoms with E-state index in [1.165, 1.54) is 0 Å². The molecule has 0 saturated carbocycles. The molecule has 1 saturated heterocycles. The molecule has 6 heteroatoms. The van der Waals surface area contributed by atoms with Gasteiger partial charge >= 0.3 is 0 Å². The smallest absolute Gasteiger partial charge is 0.259 e. The molecule has 6 nitrogen and oxygen atoms in total. The Morgan fingerprint density at radius 2 is 1.92 bits per heavy atom. The summed E-state index contributed by atoms with van der Waals surface area (Å²) in [6.45, 7) is 11.1. The van der Waals surface area contributed by atoms with Crippen LogP contribution in [0.3, 0.4) is 0 Å². The number of aromatic nitrogens is 3. The van der Waals surface area contributed by atoms with Crippen LogP contribution in [0.25, 0.3) is 0 Å². The number of rotatable bonds is 3. The normalized spacial score (nSPS) is 17.8. The average molecular weight is 328 g/mol. The largest absolute Gasteiger partial charge is 0.361 e. The van der Waals surface area contributed by atoms with Crippen molar-refractivity contribution in [3.63, 3.8) is 0 Å². The van der Waals surface area contributed by atoms with Gasteiger partial charge in [-0.15, -0.1) is 0 Å². The molecule has 128 valence electrons. The van der Waals surface area contributed by atoms with E-state index in [1.54, 1.807) is 6.92 Å². The second-order valence-electron chi connectivity index (χ2n) is 6.90. The molecule has 0 radical (unpaired) electrons. The van der Waals surface area contributed by atoms with Crippen LogP contribution in [0.15, 0.2) is 10.6 Å². The lowest BCUT2D eigenvalue weighted by molar-refractivity contribution is 0.0787. The molecule has 0 bridgehead atoms. The summed E-state index contributed by atoms with van der Waals surface area (Å²) in [4.78, 5) is 23.9. The van der Waals surface area contributed by atoms with Crippen LogP contribution in [0.5, 0.6) is 0 Å². The molecule has 0 spiro atoms. The van der Waals surface area contributed by atoms with E-state index in [0.29, 0.717) is 24.4 Å². The predicted octanol–water partition coefficient (Wildman–Crippen LogP) is 3.14. The molecule has 2 aromatic rings. The monoisotopic (exact) mass is 328 g/mol. The Morgan fingerprint density at radius 1 is 1.25 bits per heavy atom. The molecular weight excluding hydrogens is 304 g/mol. The van der Waals surface area contributed by atoms with Crippen LogP contribution >= 0.6 is 0 Å². The minimum atomic E-state index is 0.00400. The van der Waals surface area contributed by atoms with Gasteiger partial charge in [0, 0.05) is 30.4 Å². The Labute approximate surface area is 142 Å². The third-order valence-electron chi connectivity index (χ3n) is 4.49. The SMILES string of the molecule is Cc1cc(C)nc([C@H]2CCN(C(=O)c3c(C(C)C)noc3C)C2)n1. The molecule has 0 aliphatic carbocycles. The Morgan fingerprint density at radius 3 is 2.54 bits per heavy atom. The summed E-state index contributed by atoms with van der Waals surface area (Å²) in [5.74, 6) is 1.78. The average Bonchev–Trinajstić information content (AvgIpc) is 3.12. The molecule has 3 rings (SSSR count). The van der Waals surface area contributed by atoms with E-state index >= 15 is 0 Å². The maximum Gasteiger partial charge on any atom is 0.259 e. The van der Waals surface area contributed by atoms with Crippen LogP contribution in [0.1, 0.15) is 71.1 Å². The van der Waals surface area contributed by atoms with Gasteiger partial charge in [0.05, 0.1) is 5.69 Å². The van der Waals surface area contributed by atoms with E-state index in [4.69, 9.17) is 4.52 Å². The van der Waals surface area contributed by atoms with E-state index in [1.807, 2.05) is 38.7 Å². The molecule has 1 amide bonds. The van der Waals surface area contributed by atoms with E-state index in [-0.39, 0.29) is 17.7 Å². The molecule has 1 fully saturated rings. The van der Waals surface area contributed by atoms with Gasteiger partial charge in [-0.1, -0.05) is 19.0 Å². The fourth-order valence-electron chi connectivity index (χ4n) is 3.29. The fraction of sp³-hybridized carbons (Fsp3) is 0.556. The van der Waals surface area contributed by atoms with Gasteiger partial charge in [-0.3, -0.25) is 4.79 Å². The van der Waals surface area contributed by atoms with Crippen LogP contribution < -0.4 is 0 Å². The first kappa shape index (κ1) is 16.6. The van der Waals surface area contributed by atoms with Crippen LogP contribution in [0.4, 0.5) is 0 Å². The number of aryl methyl sites for hydroxylation is 3. The standard InChI is InChI=1S/C18H24N4O2/c1-10(2)16-15(13(5)24-21-16)18(23)22-7-6-14(9-22)17-19-11(3)8-12(4)20-17/h8,10,14H,6-7,9H2,1-5H3/t14-/m0/s1. The number of carbonyl (C=O) groups excluding carboxylic acids is 1. The quantitative estimate of drug-likeness (QED) is 0.865. The van der Waals surface area contributed by atoms with Crippen LogP contribution in [0.2, 0.25) is 0 Å². The highest BCUT2D eigenvalue weighted by Gasteiger charge is 2.33. The number of carbonyl (C=O) groups is 1. The molecule has 0 N–H and O–H groups in total. The first-order valence-corrected chi connectivity index (χ1v) is 8.44. The van der Waals surface area contributed by atoms with Gasteiger partial charge in [-0.05, 0) is 39.2 Å². The van der Waals surface area contributed by atoms with Crippen LogP contribution in [-0.2, 0) is 0 Å². The molecule has 3 heterocycles. The molecule has 2 aromatic heterocycles. The zero-order valence-electron chi connectivity index (χ0n) is 15.0. The third kappa shape index (κ3) is 3.05. The van der Waals surface area contributed by atoms with E-state index in [2.05, 4.69) is 15.1 Å². The van der Waals surface area contributed by atoms with E-state index < -0.39 is 0 Å². The van der Waals surface area contributed by atoms with Crippen molar-refractivity contribution in [1.29, 1.82) is 0 Å². The lowest BCUT2D eigenvalue weighted by Crippen LogP contribution is -2.29. The minimum absolute atomic E-state index is 0.00400. The second kappa shape index (κ2) is 6.34. The van der Waals surface area contributed by atoms with Gasteiger partial charge in [0.15, 0.2) is 0 Å². The summed E-state index contributed by atoms with van der Waals surface area (Å²) in [5.41, 5.74) is 3.30. The van der Waals surface area contributed by atoms with Crippen LogP contribution in [-0.4, -0.2) is 39.0 Å². The summed E-state index contributed by atoms with van der Waals surface area (Å²) < 4.78 is 5.26. The predicted molar refractivity (Wildman–Crippen MR) is 90.1 cm³/mol. The number of hydrogen-bond donors (Lipinski definition) is 0. The molecular formula is C18H24N4O2. The zero-order chi connectivity index (χ0) is 17.4. The highest BCUT2D eigenvalue weighted by Crippen LogP contribution is 2.29. The maximum atomic E-state index is 13.0. The van der Waals surface area contributed by atoms with Gasteiger partial charge in [0.2, 0.25) is 0 Å². The summed E-state index contributed by atoms with van der Waals surface area (Å²) in [6.07, 6.45) is 0.885. The van der Waals surface area contributed by atoms with Gasteiger partial charge in [0.1, 0.15) is 17.1 Å². The number of likely N-dealkylation sites (tertiary alicyclic amines) is 1. The van der Waals surface area contributed by atoms with Gasteiger partial charge in [-0.2, -0.15) is 0 Å². The molecule has 1 aliphatic rings. The van der Waals surface area contributed by atoms with Gasteiger partial charge in [-0.25, -0.2) is 9.97 Å². The molecule has 0 unspecified atom stereocenters. The van der Waals surface area contributed by atoms with E-state index in [9.17, 15) is 4.79 Å². The summed E-state index contributed by atoms with van der Waals surface area (Å²) in [7, 11) is 0. The van der Waals surface area contributed by atoms with Crippen molar-refractivity contribution in [1.82, 2.24) is 20.0 Å². The fourth-order valence-corrected chi connectivity index (χ4v) is 3.29. The summed E-state index contributed by atoms with van der Waals surface area (Å²) >= 11 is 0. The minimum Gasteiger partial charge on any atom is -0.361 e. The van der Waals surface area contributed by atoms with Crippen molar-refractivity contribution in [2.24, 2.45) is 0 Å².